The van der Waals surface area contributed by atoms with Crippen molar-refractivity contribution in [1.29, 1.82) is 0 Å². The van der Waals surface area contributed by atoms with E-state index in [1.165, 1.54) is 12.1 Å². The zero-order valence-corrected chi connectivity index (χ0v) is 12.8. The van der Waals surface area contributed by atoms with Crippen molar-refractivity contribution in [2.75, 3.05) is 5.32 Å². The lowest BCUT2D eigenvalue weighted by atomic mass is 9.92. The summed E-state index contributed by atoms with van der Waals surface area (Å²) < 4.78 is 0. The van der Waals surface area contributed by atoms with E-state index in [9.17, 15) is 14.4 Å². The van der Waals surface area contributed by atoms with Gasteiger partial charge in [0.25, 0.3) is 0 Å². The maximum atomic E-state index is 12.3. The van der Waals surface area contributed by atoms with Crippen molar-refractivity contribution >= 4 is 23.5 Å². The lowest BCUT2D eigenvalue weighted by molar-refractivity contribution is -0.137. The number of nitrogens with one attached hydrogen (secondary N) is 1. The second-order valence-corrected chi connectivity index (χ2v) is 5.31. The summed E-state index contributed by atoms with van der Waals surface area (Å²) in [5, 5.41) is 20.7. The Morgan fingerprint density at radius 3 is 2.12 bits per heavy atom. The molecule has 0 bridgehead atoms. The summed E-state index contributed by atoms with van der Waals surface area (Å²) in [7, 11) is 0. The summed E-state index contributed by atoms with van der Waals surface area (Å²) in [5.74, 6) is -3.06. The minimum atomic E-state index is -1.14. The molecule has 6 nitrogen and oxygen atoms in total. The molecule has 2 aromatic carbocycles. The third-order valence-electron chi connectivity index (χ3n) is 3.56. The van der Waals surface area contributed by atoms with Crippen LogP contribution >= 0.6 is 0 Å². The summed E-state index contributed by atoms with van der Waals surface area (Å²) in [5.41, 5.74) is 0.930. The van der Waals surface area contributed by atoms with Crippen LogP contribution in [0.5, 0.6) is 0 Å². The Morgan fingerprint density at radius 2 is 1.50 bits per heavy atom. The maximum Gasteiger partial charge on any atom is 0.337 e. The Bertz CT molecular complexity index is 742. The average Bonchev–Trinajstić information content (AvgIpc) is 2.55. The second kappa shape index (κ2) is 7.92. The summed E-state index contributed by atoms with van der Waals surface area (Å²) in [4.78, 5) is 34.5. The number of anilines is 1. The molecular formula is C18H17NO5. The van der Waals surface area contributed by atoms with Gasteiger partial charge in [0.2, 0.25) is 5.91 Å². The van der Waals surface area contributed by atoms with Crippen LogP contribution in [0.1, 0.15) is 34.7 Å². The minimum absolute atomic E-state index is 0.0136. The van der Waals surface area contributed by atoms with E-state index in [2.05, 4.69) is 5.32 Å². The number of aromatic carboxylic acids is 1. The molecule has 0 radical (unpaired) electrons. The lowest BCUT2D eigenvalue weighted by Crippen LogP contribution is -2.19. The molecule has 0 aliphatic heterocycles. The van der Waals surface area contributed by atoms with Gasteiger partial charge in [-0.05, 0) is 17.7 Å². The number of carbonyl (C=O) groups is 3. The zero-order chi connectivity index (χ0) is 17.5. The molecule has 0 fully saturated rings. The molecule has 124 valence electrons. The Labute approximate surface area is 138 Å². The number of para-hydroxylation sites is 1. The van der Waals surface area contributed by atoms with E-state index < -0.39 is 23.8 Å². The maximum absolute atomic E-state index is 12.3. The van der Waals surface area contributed by atoms with Gasteiger partial charge in [0.1, 0.15) is 0 Å². The summed E-state index contributed by atoms with van der Waals surface area (Å²) in [6, 6.07) is 15.0. The molecule has 0 aliphatic rings. The van der Waals surface area contributed by atoms with Gasteiger partial charge in [0, 0.05) is 12.3 Å². The summed E-state index contributed by atoms with van der Waals surface area (Å²) in [6.45, 7) is 0. The second-order valence-electron chi connectivity index (χ2n) is 5.31. The van der Waals surface area contributed by atoms with Gasteiger partial charge < -0.3 is 15.5 Å². The SMILES string of the molecule is O=C(O)C[C@H](CC(=O)Nc1ccccc1C(=O)O)c1ccccc1. The summed E-state index contributed by atoms with van der Waals surface area (Å²) >= 11 is 0. The predicted molar refractivity (Wildman–Crippen MR) is 88.1 cm³/mol. The zero-order valence-electron chi connectivity index (χ0n) is 12.8. The first kappa shape index (κ1) is 17.2. The van der Waals surface area contributed by atoms with Gasteiger partial charge >= 0.3 is 11.9 Å². The number of hydrogen-bond donors (Lipinski definition) is 3. The monoisotopic (exact) mass is 327 g/mol. The molecule has 2 aromatic rings. The molecule has 1 atom stereocenters. The van der Waals surface area contributed by atoms with Crippen LogP contribution in [0.25, 0.3) is 0 Å². The van der Waals surface area contributed by atoms with E-state index in [0.717, 1.165) is 5.56 Å². The van der Waals surface area contributed by atoms with E-state index in [4.69, 9.17) is 10.2 Å². The van der Waals surface area contributed by atoms with Crippen molar-refractivity contribution in [2.45, 2.75) is 18.8 Å². The van der Waals surface area contributed by atoms with Crippen molar-refractivity contribution in [3.05, 3.63) is 65.7 Å². The molecule has 0 aromatic heterocycles. The van der Waals surface area contributed by atoms with Gasteiger partial charge in [0.15, 0.2) is 0 Å². The highest BCUT2D eigenvalue weighted by Gasteiger charge is 2.20. The summed E-state index contributed by atoms with van der Waals surface area (Å²) in [6.07, 6.45) is -0.234. The van der Waals surface area contributed by atoms with Gasteiger partial charge in [-0.2, -0.15) is 0 Å². The minimum Gasteiger partial charge on any atom is -0.481 e. The van der Waals surface area contributed by atoms with Crippen molar-refractivity contribution in [3.63, 3.8) is 0 Å². The number of aliphatic carboxylic acids is 1. The third kappa shape index (κ3) is 4.67. The van der Waals surface area contributed by atoms with E-state index in [1.807, 2.05) is 6.07 Å². The number of rotatable bonds is 7. The Kier molecular flexibility index (Phi) is 5.68. The highest BCUT2D eigenvalue weighted by molar-refractivity contribution is 6.00. The first-order valence-electron chi connectivity index (χ1n) is 7.36. The van der Waals surface area contributed by atoms with Crippen LogP contribution in [-0.4, -0.2) is 28.1 Å². The van der Waals surface area contributed by atoms with Gasteiger partial charge in [-0.3, -0.25) is 9.59 Å². The molecule has 6 heteroatoms. The number of hydrogen-bond acceptors (Lipinski definition) is 3. The van der Waals surface area contributed by atoms with Crippen molar-refractivity contribution in [1.82, 2.24) is 0 Å². The number of carboxylic acid groups (broad SMARTS) is 2. The molecule has 3 N–H and O–H groups in total. The van der Waals surface area contributed by atoms with Crippen molar-refractivity contribution < 1.29 is 24.6 Å². The van der Waals surface area contributed by atoms with E-state index >= 15 is 0 Å². The fraction of sp³-hybridized carbons (Fsp3) is 0.167. The molecule has 0 spiro atoms. The van der Waals surface area contributed by atoms with E-state index in [0.29, 0.717) is 0 Å². The number of carboxylic acids is 2. The molecule has 0 heterocycles. The topological polar surface area (TPSA) is 104 Å². The normalized spacial score (nSPS) is 11.5. The smallest absolute Gasteiger partial charge is 0.337 e. The highest BCUT2D eigenvalue weighted by atomic mass is 16.4. The molecular weight excluding hydrogens is 310 g/mol. The van der Waals surface area contributed by atoms with Gasteiger partial charge in [-0.1, -0.05) is 42.5 Å². The third-order valence-corrected chi connectivity index (χ3v) is 3.56. The van der Waals surface area contributed by atoms with Crippen LogP contribution < -0.4 is 5.32 Å². The van der Waals surface area contributed by atoms with Crippen LogP contribution in [0, 0.1) is 0 Å². The molecule has 24 heavy (non-hydrogen) atoms. The van der Waals surface area contributed by atoms with Crippen LogP contribution in [0.4, 0.5) is 5.69 Å². The number of benzene rings is 2. The largest absolute Gasteiger partial charge is 0.481 e. The molecule has 0 saturated carbocycles. The lowest BCUT2D eigenvalue weighted by Gasteiger charge is -2.16. The Morgan fingerprint density at radius 1 is 0.875 bits per heavy atom. The van der Waals surface area contributed by atoms with Gasteiger partial charge in [0.05, 0.1) is 17.7 Å². The van der Waals surface area contributed by atoms with Gasteiger partial charge in [-0.15, -0.1) is 0 Å². The van der Waals surface area contributed by atoms with E-state index in [1.54, 1.807) is 36.4 Å². The first-order chi connectivity index (χ1) is 11.5. The quantitative estimate of drug-likeness (QED) is 0.725. The molecule has 1 amide bonds. The number of carbonyl (C=O) groups excluding carboxylic acids is 1. The van der Waals surface area contributed by atoms with Crippen molar-refractivity contribution in [3.8, 4) is 0 Å². The predicted octanol–water partition coefficient (Wildman–Crippen LogP) is 2.97. The molecule has 0 aliphatic carbocycles. The van der Waals surface area contributed by atoms with Gasteiger partial charge in [-0.25, -0.2) is 4.79 Å². The van der Waals surface area contributed by atoms with E-state index in [-0.39, 0.29) is 24.1 Å². The van der Waals surface area contributed by atoms with Crippen molar-refractivity contribution in [2.24, 2.45) is 0 Å². The van der Waals surface area contributed by atoms with Crippen LogP contribution in [-0.2, 0) is 9.59 Å². The fourth-order valence-corrected chi connectivity index (χ4v) is 2.45. The molecule has 0 unspecified atom stereocenters. The average molecular weight is 327 g/mol. The Hall–Kier alpha value is -3.15. The highest BCUT2D eigenvalue weighted by Crippen LogP contribution is 2.24. The molecule has 2 rings (SSSR count). The standard InChI is InChI=1S/C18H17NO5/c20-16(19-15-9-5-4-8-14(15)18(23)24)10-13(11-17(21)22)12-6-2-1-3-7-12/h1-9,13H,10-11H2,(H,19,20)(H,21,22)(H,23,24)/t13-/m0/s1. The Balaban J connectivity index is 2.14. The van der Waals surface area contributed by atoms with Crippen LogP contribution in [0.2, 0.25) is 0 Å². The number of amides is 1. The fourth-order valence-electron chi connectivity index (χ4n) is 2.45. The van der Waals surface area contributed by atoms with Crippen LogP contribution in [0.3, 0.4) is 0 Å². The molecule has 0 saturated heterocycles. The van der Waals surface area contributed by atoms with Crippen LogP contribution in [0.15, 0.2) is 54.6 Å². The first-order valence-corrected chi connectivity index (χ1v) is 7.36.